The maximum atomic E-state index is 12.1. The first-order chi connectivity index (χ1) is 155. The number of allylic oxidation sites excluding steroid dienone is 4. The second-order valence-electron chi connectivity index (χ2n) is 33.9. The van der Waals surface area contributed by atoms with E-state index in [1.165, 1.54) is 43.1 Å². The van der Waals surface area contributed by atoms with Crippen LogP contribution < -0.4 is 56.5 Å². The molecule has 0 unspecified atom stereocenters. The quantitative estimate of drug-likeness (QED) is 0.0197. The van der Waals surface area contributed by atoms with E-state index in [-0.39, 0.29) is 108 Å². The van der Waals surface area contributed by atoms with Gasteiger partial charge in [0.1, 0.15) is 5.65 Å². The van der Waals surface area contributed by atoms with E-state index < -0.39 is 20.7 Å². The maximum Gasteiger partial charge on any atom is 1.00 e. The number of hydrogen-bond donors (Lipinski definition) is 6. The Bertz CT molecular complexity index is 7230. The standard InChI is InChI=1S/C24H27N7.C19H21N7O2S.C18H18ClN7.C18H19N7O.C12H21BO2.CH4O.CH3.Cl3OP.Na.H2O.Pd.94H2/c1-17(2)20-16-27-31-23(20)28-22(18-9-4-3-5-10-18)29-24(31)25-15-19-11-6-7-12-21(19)30-14-8-13-26-30;1-13(2)15-12-22-26-17(15)23-19(29(3,27)28)24-18(26)20-11-14-7-4-5-8-16(14)25-10-6-9-21-25;1-12(2)14-11-22-26-16(14)23-17(19)24-18(26)20-10-13-6-3-4-7-15(13)25-9-5-8-21-25;1-12(2)14-11-21-25-16(14)22-18(26)23-17(25)19-10-13-6-3-4-7-15(13)24-9-5-8-20-24;1-11(2)12(3,4)15-13(14-11)10-8-6-5-7-9-10;1-2;;1-5(2,3)4;;;;;;;;;;;;;;;;;;;;;;;;;;;;;;;;;;;;;;;;;;;;;;;;;;;;;;;;;;;;;;;;;;;;;;;;;;;;;;;;;;;;;;;;;;;;;;;;;/h6-9,11-14,16-17H,3-5,10,15H2,1-2H3,(H,25,28,29);4-10,12-13H,11H2,1-3H3,(H,20,23,24);3-9,11-12H,10H2,1-2H3,(H,20,23,24);3-9,11-12H,10H2,1-2H3,(H2,19,22,23,26);8H,5-7,9H2,1-4H3;2H,1H3;1H3;;;1H2;;94*1H/q;;;;;;-1;;+1;;;;;;;;;;;;;;;;;;;;;;;;;;;;;;;;;;;;;;;;;;;;;;;;;;;;;;;;;;;;;;;;;;;;;;;;;;;;;;;;;;;;;;;;;;;;;;;;/p-1/i;;;;;;;;;;;91*1+1D;3*1+1. The number of aromatic nitrogens is 24. The predicted octanol–water partition coefficient (Wildman–Crippen LogP) is 39.4. The molecule has 16 aromatic rings. The number of sulfone groups is 1. The fourth-order valence-corrected chi connectivity index (χ4v) is 15.6. The number of rotatable bonds is 23. The predicted molar refractivity (Wildman–Crippen MR) is 733 cm³/mol. The number of para-hydroxylation sites is 4. The molecule has 2 aliphatic carbocycles. The number of aliphatic hydroxyl groups excluding tert-OH is 1. The number of aliphatic hydroxyl groups is 1. The number of hydrogen-bond acceptors (Lipinski definition) is 27. The van der Waals surface area contributed by atoms with E-state index in [4.69, 9.17) is 306 Å². The molecule has 1 fully saturated rings. The van der Waals surface area contributed by atoms with Crippen LogP contribution in [0, 0.1) is 7.43 Å². The topological polar surface area (TPSA) is 432 Å². The van der Waals surface area contributed by atoms with Gasteiger partial charge in [-0.15, -0.1) is 0 Å². The fraction of sp³-hybridized carbons (Fsp3) is 0.344. The van der Waals surface area contributed by atoms with Crippen molar-refractivity contribution in [1.82, 2.24) is 117 Å². The van der Waals surface area contributed by atoms with Crippen molar-refractivity contribution in [2.45, 2.75) is 201 Å². The Kier molecular flexibility index (Phi) is 14.5. The molecule has 3 aliphatic rings. The van der Waals surface area contributed by atoms with E-state index in [1.54, 1.807) is 55.4 Å². The molecular weight excluding hydrogens is 1980 g/mol. The van der Waals surface area contributed by atoms with Gasteiger partial charge in [0.25, 0.3) is 5.16 Å². The molecule has 0 spiro atoms. The number of aromatic amines is 1. The van der Waals surface area contributed by atoms with Crippen LogP contribution >= 0.6 is 50.5 Å². The zero-order chi connectivity index (χ0) is 278. The smallest absolute Gasteiger partial charge is 0.870 e. The summed E-state index contributed by atoms with van der Waals surface area (Å²) in [5, 5.41) is 52.1. The second kappa shape index (κ2) is 50.4. The average Bonchev–Trinajstić information content (AvgIpc) is 1.62. The van der Waals surface area contributed by atoms with E-state index in [0.29, 0.717) is 73.1 Å². The second-order valence-corrected chi connectivity index (χ2v) is 42.7. The first-order valence-electron chi connectivity index (χ1n) is 135. The third-order valence-electron chi connectivity index (χ3n) is 22.6. The Balaban J connectivity index is -0.0000000219. The number of fused-ring (bicyclic) bond motifs is 4. The molecular formula is C93H302BCl4N28NaO8PPdS-. The van der Waals surface area contributed by atoms with Crippen LogP contribution in [-0.4, -0.2) is 168 Å². The SMILES string of the molecule is CC(C)c1cnn2c(NCc3ccccc3-n3cccn3)nc(=O)[nH]c12.CC(C)c1cnn2c(NCc3ccccc3-n3cccn3)nc(C3=CCCCC3)nc12.CC(C)c1cnn2c(NCc3ccccc3-n3cccn3)nc(Cl)nc12.CC(C)c1cnn2c(NCc3ccccc3-n3cccn3)nc(S(C)(=O)=O)nc12.CC1(C)OB(C2=CCCCC2)OC1(C)C.CO.O=P(Cl)(Cl)Cl.[2HH].[2HH].[2HH].[2H][2H].[2H][2H].[2H][2H].[2H][2H].[2H][2H].[2H][2H].[2H][2H].[2H][2H].[2H][2H].[2H][2H].[2H][2H].[2H][2H].[2H][2H].[2H][2H].[2H][2H].[2H][2H].[2H][2H].[2H][2H].[2H][2H].[2H][2H].[2H][2H].[2H][2H].[2H][2H].[2H][2H].[2H][2H].[2H][2H].[2H][2H].[2H][2H].[2H][2H].[2H][2H].[2H][2H].[2H][2H].[2H][2H].[2H][2H].[2H][2H].[2H][2H].[2H][2H].[2H][2H].[2H][2H].[2H][2H].[2H][2H].[2H][2H].[2H][2H].[2H][2H].[2H][2H].[2H][2H].[2H][2H].[2H][2H].[2H][2H].[2H][2H].[2H][2H].[2H][2H].[2H][2H].[2H][2H].[2H][2H].[2H][2H].[2H][2H].[2H][2H].[2H][2H].[2H][2H].[2H][2H].[2H][2H].[2H][2H].[2H][2H].[2H][2H].[2H][2H].[2H][2H].[2H][2H].[2H][2H].[2H][2H].[2H][2H].[2H][2H].[2H][2H].[2H][2H].[2H][2H].[2H][2H].[2H][2H].[2H][2H].[2H][2H].[2H][2H].[2H][2H].[2H][2H].[2H][2H].[2H][2H].[2H][2H].[2H][2H].[2H][2H].[2H][2H].[2H][2H].[2H][2H].[2H][2H].[CH3-].[Na+].[OH-].[Pd]. The summed E-state index contributed by atoms with van der Waals surface area (Å²) in [5.41, 5.74) is 16.7. The van der Waals surface area contributed by atoms with Crippen molar-refractivity contribution >= 4 is 119 Å². The molecule has 12 aromatic heterocycles. The van der Waals surface area contributed by atoms with Crippen molar-refractivity contribution in [1.29, 1.82) is 0 Å². The number of H-pyrrole nitrogens is 1. The Labute approximate surface area is 1140 Å². The van der Waals surface area contributed by atoms with Crippen LogP contribution in [0.2, 0.25) is 5.28 Å². The van der Waals surface area contributed by atoms with E-state index in [9.17, 15) is 17.8 Å². The van der Waals surface area contributed by atoms with Crippen molar-refractivity contribution in [3.05, 3.63) is 287 Å². The Morgan fingerprint density at radius 1 is 0.486 bits per heavy atom. The van der Waals surface area contributed by atoms with E-state index in [1.807, 2.05) is 179 Å². The fourth-order valence-electron chi connectivity index (χ4n) is 15.0. The monoisotopic (exact) mass is 2470 g/mol. The van der Waals surface area contributed by atoms with Gasteiger partial charge in [-0.25, -0.2) is 36.9 Å². The van der Waals surface area contributed by atoms with Crippen LogP contribution in [0.4, 0.5) is 23.8 Å². The molecule has 45 heteroatoms. The zero-order valence-electron chi connectivity index (χ0n) is 262. The summed E-state index contributed by atoms with van der Waals surface area (Å²) < 4.78 is 970. The van der Waals surface area contributed by atoms with Gasteiger partial charge in [0.2, 0.25) is 38.9 Å². The van der Waals surface area contributed by atoms with Gasteiger partial charge in [-0.05, 0) is 230 Å². The molecule has 7 N–H and O–H groups in total. The van der Waals surface area contributed by atoms with Crippen molar-refractivity contribution in [2.24, 2.45) is 0 Å². The minimum absolute atomic E-state index is 0. The number of nitrogens with one attached hydrogen (secondary N) is 5. The van der Waals surface area contributed by atoms with Crippen molar-refractivity contribution < 1.29 is 357 Å². The van der Waals surface area contributed by atoms with Crippen LogP contribution in [0.5, 0.6) is 0 Å². The van der Waals surface area contributed by atoms with Gasteiger partial charge in [-0.1, -0.05) is 140 Å². The largest absolute Gasteiger partial charge is 1.00 e. The normalized spacial score (nSPS) is 18.9. The van der Waals surface area contributed by atoms with Crippen molar-refractivity contribution in [3.8, 4) is 22.7 Å². The van der Waals surface area contributed by atoms with Crippen LogP contribution in [0.15, 0.2) is 223 Å². The molecule has 36 nitrogen and oxygen atoms in total. The molecule has 0 radical (unpaired) electrons. The third kappa shape index (κ3) is 28.1. The average molecular weight is 2470 g/mol. The first kappa shape index (κ1) is 39.7. The molecule has 13 heterocycles. The zero-order valence-corrected chi connectivity index (χ0v) is 88.1. The molecule has 19 rings (SSSR count). The Morgan fingerprint density at radius 2 is 0.826 bits per heavy atom. The van der Waals surface area contributed by atoms with Gasteiger partial charge in [0.15, 0.2) is 22.8 Å². The van der Waals surface area contributed by atoms with Crippen molar-refractivity contribution in [2.75, 3.05) is 34.6 Å². The molecule has 4 aromatic carbocycles. The number of benzene rings is 4. The molecule has 0 bridgehead atoms. The van der Waals surface area contributed by atoms with Gasteiger partial charge in [-0.2, -0.15) is 88.8 Å². The summed E-state index contributed by atoms with van der Waals surface area (Å²) in [4.78, 5) is 45.7. The third-order valence-corrected chi connectivity index (χ3v) is 23.6. The van der Waals surface area contributed by atoms with E-state index in [0.717, 1.165) is 117 Å². The van der Waals surface area contributed by atoms with E-state index in [2.05, 4.69) is 219 Å². The summed E-state index contributed by atoms with van der Waals surface area (Å²) in [6, 6.07) is 39.6. The molecule has 916 valence electrons. The molecule has 0 atom stereocenters. The van der Waals surface area contributed by atoms with Gasteiger partial charge < -0.3 is 48.6 Å². The first-order valence-corrected chi connectivity index (χ1v) is 50.7. The van der Waals surface area contributed by atoms with Crippen molar-refractivity contribution in [3.63, 3.8) is 0 Å². The van der Waals surface area contributed by atoms with Gasteiger partial charge >= 0.3 is 47.6 Å². The van der Waals surface area contributed by atoms with Crippen LogP contribution in [0.3, 0.4) is 0 Å². The van der Waals surface area contributed by atoms with Gasteiger partial charge in [0.05, 0.1) is 58.7 Å². The molecule has 1 saturated heterocycles. The van der Waals surface area contributed by atoms with Crippen LogP contribution in [0.25, 0.3) is 50.9 Å². The minimum Gasteiger partial charge on any atom is -0.870 e. The number of anilines is 4. The number of nitrogens with zero attached hydrogens (tertiary/aromatic N) is 23. The maximum absolute atomic E-state index is 12.1. The minimum atomic E-state index is -3.58. The van der Waals surface area contributed by atoms with Gasteiger partial charge in [-0.3, -0.25) is 9.55 Å². The van der Waals surface area contributed by atoms with Crippen LogP contribution in [-0.2, 0) is 70.3 Å². The van der Waals surface area contributed by atoms with Crippen LogP contribution in [0.1, 0.15) is 483 Å². The molecule has 138 heavy (non-hydrogen) atoms. The van der Waals surface area contributed by atoms with Gasteiger partial charge in [0, 0.05) is 406 Å². The Morgan fingerprint density at radius 3 is 1.18 bits per heavy atom. The number of halogens is 4. The Hall–Kier alpha value is -10.7. The summed E-state index contributed by atoms with van der Waals surface area (Å²) in [7, 11) is -2.68. The molecule has 0 amide bonds. The molecule has 1 aliphatic heterocycles. The summed E-state index contributed by atoms with van der Waals surface area (Å²) in [5.74, 6) is 3.85. The van der Waals surface area contributed by atoms with E-state index >= 15 is 0 Å². The summed E-state index contributed by atoms with van der Waals surface area (Å²) in [6.07, 6.45) is 37.0. The summed E-state index contributed by atoms with van der Waals surface area (Å²) >= 11 is 20.0. The molecule has 0 saturated carbocycles. The summed E-state index contributed by atoms with van der Waals surface area (Å²) in [6.45, 7) is 27.2.